The first kappa shape index (κ1) is 17.9. The van der Waals surface area contributed by atoms with E-state index in [4.69, 9.17) is 0 Å². The number of hydrogen-bond donors (Lipinski definition) is 2. The van der Waals surface area contributed by atoms with Crippen LogP contribution in [0.3, 0.4) is 0 Å². The largest absolute Gasteiger partial charge is 0.340 e. The Bertz CT molecular complexity index is 597. The van der Waals surface area contributed by atoms with E-state index >= 15 is 0 Å². The van der Waals surface area contributed by atoms with Gasteiger partial charge in [0.15, 0.2) is 0 Å². The molecule has 2 saturated heterocycles. The summed E-state index contributed by atoms with van der Waals surface area (Å²) in [6.45, 7) is 7.26. The first-order valence-electron chi connectivity index (χ1n) is 9.15. The van der Waals surface area contributed by atoms with Gasteiger partial charge in [0.25, 0.3) is 0 Å². The Labute approximate surface area is 149 Å². The van der Waals surface area contributed by atoms with Crippen LogP contribution in [-0.2, 0) is 9.59 Å². The summed E-state index contributed by atoms with van der Waals surface area (Å²) in [5.74, 6) is 0.656. The maximum atomic E-state index is 12.3. The molecule has 6 nitrogen and oxygen atoms in total. The standard InChI is InChI=1S/C19H28N4O2/c1-14(2)12-18(25)23-10-8-22(9-11-23)16-13-17(24)20-21-19(16)15-6-4-3-5-7-15/h3-7,14,16,19,21H,8-13H2,1-2H3,(H,20,24). The second kappa shape index (κ2) is 7.97. The van der Waals surface area contributed by atoms with Gasteiger partial charge in [-0.05, 0) is 11.5 Å². The van der Waals surface area contributed by atoms with Crippen LogP contribution in [0.1, 0.15) is 38.3 Å². The zero-order chi connectivity index (χ0) is 17.8. The fraction of sp³-hybridized carbons (Fsp3) is 0.579. The lowest BCUT2D eigenvalue weighted by Crippen LogP contribution is -2.60. The molecule has 1 aromatic rings. The summed E-state index contributed by atoms with van der Waals surface area (Å²) in [6.07, 6.45) is 1.09. The Hall–Kier alpha value is -1.92. The Kier molecular flexibility index (Phi) is 5.71. The summed E-state index contributed by atoms with van der Waals surface area (Å²) in [4.78, 5) is 28.5. The molecule has 2 amide bonds. The van der Waals surface area contributed by atoms with Crippen LogP contribution in [0.5, 0.6) is 0 Å². The zero-order valence-corrected chi connectivity index (χ0v) is 15.1. The molecule has 25 heavy (non-hydrogen) atoms. The van der Waals surface area contributed by atoms with E-state index in [0.29, 0.717) is 18.8 Å². The molecule has 0 aromatic heterocycles. The Morgan fingerprint density at radius 3 is 2.48 bits per heavy atom. The van der Waals surface area contributed by atoms with Crippen molar-refractivity contribution >= 4 is 11.8 Å². The summed E-state index contributed by atoms with van der Waals surface area (Å²) in [6, 6.07) is 10.4. The molecule has 0 saturated carbocycles. The number of carbonyl (C=O) groups excluding carboxylic acids is 2. The van der Waals surface area contributed by atoms with Gasteiger partial charge in [0.2, 0.25) is 11.8 Å². The van der Waals surface area contributed by atoms with Crippen molar-refractivity contribution in [2.24, 2.45) is 5.92 Å². The van der Waals surface area contributed by atoms with Gasteiger partial charge in [-0.2, -0.15) is 0 Å². The fourth-order valence-corrected chi connectivity index (χ4v) is 3.70. The zero-order valence-electron chi connectivity index (χ0n) is 15.1. The third-order valence-electron chi connectivity index (χ3n) is 5.02. The van der Waals surface area contributed by atoms with Crippen LogP contribution in [0.4, 0.5) is 0 Å². The highest BCUT2D eigenvalue weighted by atomic mass is 16.2. The molecule has 2 N–H and O–H groups in total. The van der Waals surface area contributed by atoms with E-state index < -0.39 is 0 Å². The monoisotopic (exact) mass is 344 g/mol. The highest BCUT2D eigenvalue weighted by Gasteiger charge is 2.36. The van der Waals surface area contributed by atoms with Crippen molar-refractivity contribution < 1.29 is 9.59 Å². The third-order valence-corrected chi connectivity index (χ3v) is 5.02. The second-order valence-electron chi connectivity index (χ2n) is 7.37. The molecule has 6 heteroatoms. The molecule has 2 fully saturated rings. The average Bonchev–Trinajstić information content (AvgIpc) is 2.62. The Balaban J connectivity index is 1.65. The topological polar surface area (TPSA) is 64.7 Å². The number of nitrogens with zero attached hydrogens (tertiary/aromatic N) is 2. The molecule has 2 heterocycles. The number of hydrogen-bond acceptors (Lipinski definition) is 4. The van der Waals surface area contributed by atoms with Crippen molar-refractivity contribution in [1.82, 2.24) is 20.7 Å². The van der Waals surface area contributed by atoms with Crippen molar-refractivity contribution in [3.8, 4) is 0 Å². The van der Waals surface area contributed by atoms with Gasteiger partial charge in [-0.1, -0.05) is 44.2 Å². The number of piperazine rings is 1. The van der Waals surface area contributed by atoms with E-state index in [-0.39, 0.29) is 23.9 Å². The molecule has 0 bridgehead atoms. The van der Waals surface area contributed by atoms with Gasteiger partial charge in [-0.15, -0.1) is 0 Å². The van der Waals surface area contributed by atoms with Crippen LogP contribution >= 0.6 is 0 Å². The summed E-state index contributed by atoms with van der Waals surface area (Å²) in [5, 5.41) is 0. The van der Waals surface area contributed by atoms with Crippen LogP contribution in [0.25, 0.3) is 0 Å². The van der Waals surface area contributed by atoms with Gasteiger partial charge in [-0.25, -0.2) is 5.43 Å². The van der Waals surface area contributed by atoms with Crippen molar-refractivity contribution in [2.75, 3.05) is 26.2 Å². The normalized spacial score (nSPS) is 25.1. The average molecular weight is 344 g/mol. The maximum absolute atomic E-state index is 12.3. The molecule has 136 valence electrons. The molecular weight excluding hydrogens is 316 g/mol. The minimum atomic E-state index is 0.0236. The smallest absolute Gasteiger partial charge is 0.235 e. The summed E-state index contributed by atoms with van der Waals surface area (Å²) in [5.41, 5.74) is 7.11. The first-order valence-corrected chi connectivity index (χ1v) is 9.15. The van der Waals surface area contributed by atoms with Gasteiger partial charge < -0.3 is 4.90 Å². The molecular formula is C19H28N4O2. The predicted octanol–water partition coefficient (Wildman–Crippen LogP) is 1.31. The number of benzene rings is 1. The van der Waals surface area contributed by atoms with Crippen LogP contribution in [0.2, 0.25) is 0 Å². The van der Waals surface area contributed by atoms with Crippen molar-refractivity contribution in [3.63, 3.8) is 0 Å². The number of rotatable bonds is 4. The molecule has 1 aromatic carbocycles. The van der Waals surface area contributed by atoms with Gasteiger partial charge in [0.05, 0.1) is 6.04 Å². The highest BCUT2D eigenvalue weighted by Crippen LogP contribution is 2.26. The lowest BCUT2D eigenvalue weighted by atomic mass is 9.93. The molecule has 0 spiro atoms. The molecule has 3 rings (SSSR count). The molecule has 2 atom stereocenters. The molecule has 0 radical (unpaired) electrons. The van der Waals surface area contributed by atoms with Gasteiger partial charge in [-0.3, -0.25) is 19.9 Å². The lowest BCUT2D eigenvalue weighted by Gasteiger charge is -2.44. The number of nitrogens with one attached hydrogen (secondary N) is 2. The number of amides is 2. The summed E-state index contributed by atoms with van der Waals surface area (Å²) in [7, 11) is 0. The number of hydrazine groups is 1. The fourth-order valence-electron chi connectivity index (χ4n) is 3.70. The van der Waals surface area contributed by atoms with Crippen molar-refractivity contribution in [1.29, 1.82) is 0 Å². The predicted molar refractivity (Wildman–Crippen MR) is 96.5 cm³/mol. The van der Waals surface area contributed by atoms with E-state index in [9.17, 15) is 9.59 Å². The van der Waals surface area contributed by atoms with E-state index in [1.54, 1.807) is 0 Å². The van der Waals surface area contributed by atoms with Crippen LogP contribution in [0, 0.1) is 5.92 Å². The van der Waals surface area contributed by atoms with E-state index in [1.165, 1.54) is 5.56 Å². The third kappa shape index (κ3) is 4.38. The molecule has 0 aliphatic carbocycles. The quantitative estimate of drug-likeness (QED) is 0.864. The maximum Gasteiger partial charge on any atom is 0.235 e. The SMILES string of the molecule is CC(C)CC(=O)N1CCN(C2CC(=O)NNC2c2ccccc2)CC1. The van der Waals surface area contributed by atoms with Crippen LogP contribution < -0.4 is 10.9 Å². The first-order chi connectivity index (χ1) is 12.0. The summed E-state index contributed by atoms with van der Waals surface area (Å²) >= 11 is 0. The number of carbonyl (C=O) groups is 2. The molecule has 2 aliphatic heterocycles. The molecule has 2 aliphatic rings. The van der Waals surface area contributed by atoms with Crippen molar-refractivity contribution in [2.45, 2.75) is 38.8 Å². The molecule has 2 unspecified atom stereocenters. The van der Waals surface area contributed by atoms with Gasteiger partial charge in [0.1, 0.15) is 0 Å². The highest BCUT2D eigenvalue weighted by molar-refractivity contribution is 5.77. The summed E-state index contributed by atoms with van der Waals surface area (Å²) < 4.78 is 0. The van der Waals surface area contributed by atoms with Crippen molar-refractivity contribution in [3.05, 3.63) is 35.9 Å². The minimum absolute atomic E-state index is 0.0236. The van der Waals surface area contributed by atoms with E-state index in [2.05, 4.69) is 41.7 Å². The van der Waals surface area contributed by atoms with Gasteiger partial charge >= 0.3 is 0 Å². The second-order valence-corrected chi connectivity index (χ2v) is 7.37. The van der Waals surface area contributed by atoms with E-state index in [0.717, 1.165) is 26.2 Å². The van der Waals surface area contributed by atoms with Gasteiger partial charge in [0, 0.05) is 45.1 Å². The van der Waals surface area contributed by atoms with E-state index in [1.807, 2.05) is 23.1 Å². The Morgan fingerprint density at radius 2 is 1.84 bits per heavy atom. The van der Waals surface area contributed by atoms with Crippen LogP contribution in [-0.4, -0.2) is 53.8 Å². The minimum Gasteiger partial charge on any atom is -0.340 e. The van der Waals surface area contributed by atoms with Crippen LogP contribution in [0.15, 0.2) is 30.3 Å². The lowest BCUT2D eigenvalue weighted by molar-refractivity contribution is -0.135. The Morgan fingerprint density at radius 1 is 1.16 bits per heavy atom.